The number of amides is 1. The van der Waals surface area contributed by atoms with Crippen molar-refractivity contribution in [3.05, 3.63) is 65.2 Å². The number of ether oxygens (including phenoxy) is 10. The van der Waals surface area contributed by atoms with E-state index in [1.54, 1.807) is 4.90 Å². The van der Waals surface area contributed by atoms with Crippen LogP contribution in [0.4, 0.5) is 5.69 Å². The van der Waals surface area contributed by atoms with Crippen LogP contribution in [-0.4, -0.2) is 179 Å². The highest BCUT2D eigenvalue weighted by molar-refractivity contribution is 5.95. The molecule has 0 bridgehead atoms. The molecule has 18 nitrogen and oxygen atoms in total. The van der Waals surface area contributed by atoms with Gasteiger partial charge in [0.2, 0.25) is 5.91 Å². The van der Waals surface area contributed by atoms with Crippen LogP contribution in [0.2, 0.25) is 0 Å². The number of carbonyl (C=O) groups is 2. The Balaban J connectivity index is 1.16. The highest BCUT2D eigenvalue weighted by atomic mass is 16.8. The average molecular weight is 848 g/mol. The van der Waals surface area contributed by atoms with Crippen LogP contribution in [-0.2, 0) is 63.5 Å². The van der Waals surface area contributed by atoms with Gasteiger partial charge in [0.1, 0.15) is 55.4 Å². The number of aliphatic hydroxyl groups is 5. The zero-order valence-electron chi connectivity index (χ0n) is 33.9. The van der Waals surface area contributed by atoms with Crippen LogP contribution >= 0.6 is 0 Å². The summed E-state index contributed by atoms with van der Waals surface area (Å²) >= 11 is 0. The molecule has 0 saturated carbocycles. The molecule has 3 heterocycles. The fraction of sp³-hybridized carbons (Fsp3) is 0.619. The molecule has 60 heavy (non-hydrogen) atoms. The lowest BCUT2D eigenvalue weighted by atomic mass is 9.96. The number of carbonyl (C=O) groups excluding carboxylic acids is 2. The normalized spacial score (nSPS) is 27.5. The van der Waals surface area contributed by atoms with Crippen LogP contribution < -0.4 is 4.90 Å². The maximum atomic E-state index is 13.5. The van der Waals surface area contributed by atoms with Gasteiger partial charge in [0.05, 0.1) is 71.7 Å². The second kappa shape index (κ2) is 24.7. The molecule has 2 aromatic carbocycles. The fourth-order valence-electron chi connectivity index (χ4n) is 7.20. The van der Waals surface area contributed by atoms with E-state index < -0.39 is 67.4 Å². The van der Waals surface area contributed by atoms with E-state index in [-0.39, 0.29) is 91.2 Å². The van der Waals surface area contributed by atoms with Gasteiger partial charge in [-0.1, -0.05) is 42.2 Å². The van der Waals surface area contributed by atoms with Crippen LogP contribution in [0, 0.1) is 11.8 Å². The molecule has 2 fully saturated rings. The molecule has 5 rings (SSSR count). The molecule has 1 amide bonds. The number of rotatable bonds is 23. The molecule has 10 atom stereocenters. The summed E-state index contributed by atoms with van der Waals surface area (Å²) in [5, 5.41) is 50.8. The zero-order chi connectivity index (χ0) is 42.9. The Kier molecular flexibility index (Phi) is 19.5. The van der Waals surface area contributed by atoms with Crippen LogP contribution in [0.3, 0.4) is 0 Å². The van der Waals surface area contributed by atoms with Gasteiger partial charge in [-0.3, -0.25) is 9.59 Å². The van der Waals surface area contributed by atoms with Crippen molar-refractivity contribution in [1.82, 2.24) is 0 Å². The molecule has 0 radical (unpaired) electrons. The third-order valence-electron chi connectivity index (χ3n) is 10.1. The van der Waals surface area contributed by atoms with Crippen LogP contribution in [0.25, 0.3) is 0 Å². The van der Waals surface area contributed by atoms with Gasteiger partial charge >= 0.3 is 5.97 Å². The molecule has 332 valence electrons. The molecule has 0 spiro atoms. The lowest BCUT2D eigenvalue weighted by molar-refractivity contribution is -0.365. The Bertz CT molecular complexity index is 1690. The lowest BCUT2D eigenvalue weighted by Crippen LogP contribution is -2.66. The Morgan fingerprint density at radius 3 is 2.00 bits per heavy atom. The van der Waals surface area contributed by atoms with Crippen molar-refractivity contribution in [2.24, 2.45) is 0 Å². The first-order valence-corrected chi connectivity index (χ1v) is 20.0. The van der Waals surface area contributed by atoms with Gasteiger partial charge in [-0.05, 0) is 30.2 Å². The van der Waals surface area contributed by atoms with Crippen molar-refractivity contribution in [3.63, 3.8) is 0 Å². The lowest BCUT2D eigenvalue weighted by Gasteiger charge is -2.48. The van der Waals surface area contributed by atoms with Crippen molar-refractivity contribution in [3.8, 4) is 11.8 Å². The summed E-state index contributed by atoms with van der Waals surface area (Å²) in [4.78, 5) is 27.9. The minimum Gasteiger partial charge on any atom is -0.463 e. The number of hydrogen-bond acceptors (Lipinski definition) is 17. The first-order chi connectivity index (χ1) is 29.2. The van der Waals surface area contributed by atoms with E-state index in [2.05, 4.69) is 11.8 Å². The summed E-state index contributed by atoms with van der Waals surface area (Å²) in [6.07, 6.45) is -11.4. The smallest absolute Gasteiger partial charge is 0.305 e. The first kappa shape index (κ1) is 47.4. The number of esters is 1. The van der Waals surface area contributed by atoms with E-state index in [0.717, 1.165) is 16.7 Å². The quantitative estimate of drug-likeness (QED) is 0.0547. The molecule has 3 aliphatic heterocycles. The number of nitrogens with zero attached hydrogens (tertiary/aromatic N) is 1. The SMILES string of the molecule is CO[C@H]1OC(COCCOC(=O)CCCC(=O)N2Cc3ccccc3C#Cc3ccccc32)[C@@H](O[C@H]2OC(COCCO)[C@@H](OC)[C@H](OCCO)C2O)[C@H](OCCO)C1O. The highest BCUT2D eigenvalue weighted by Crippen LogP contribution is 2.33. The number of hydrogen-bond donors (Lipinski definition) is 5. The summed E-state index contributed by atoms with van der Waals surface area (Å²) in [6, 6.07) is 15.2. The van der Waals surface area contributed by atoms with E-state index in [4.69, 9.17) is 47.4 Å². The van der Waals surface area contributed by atoms with Gasteiger partial charge in [0.15, 0.2) is 12.6 Å². The topological polar surface area (TPSA) is 231 Å². The average Bonchev–Trinajstić information content (AvgIpc) is 3.25. The van der Waals surface area contributed by atoms with E-state index in [1.165, 1.54) is 14.2 Å². The molecule has 0 aromatic heterocycles. The highest BCUT2D eigenvalue weighted by Gasteiger charge is 2.52. The molecule has 4 unspecified atom stereocenters. The summed E-state index contributed by atoms with van der Waals surface area (Å²) in [7, 11) is 2.72. The molecule has 0 aliphatic carbocycles. The van der Waals surface area contributed by atoms with E-state index >= 15 is 0 Å². The van der Waals surface area contributed by atoms with Gasteiger partial charge in [0.25, 0.3) is 0 Å². The van der Waals surface area contributed by atoms with E-state index in [1.807, 2.05) is 48.5 Å². The predicted octanol–water partition coefficient (Wildman–Crippen LogP) is -0.355. The molecule has 18 heteroatoms. The minimum absolute atomic E-state index is 0.000563. The zero-order valence-corrected chi connectivity index (χ0v) is 33.9. The van der Waals surface area contributed by atoms with Crippen molar-refractivity contribution >= 4 is 17.6 Å². The Morgan fingerprint density at radius 1 is 0.700 bits per heavy atom. The number of aliphatic hydroxyl groups excluding tert-OH is 5. The van der Waals surface area contributed by atoms with Gasteiger partial charge in [-0.2, -0.15) is 0 Å². The third-order valence-corrected chi connectivity index (χ3v) is 10.1. The number of benzene rings is 2. The molecule has 2 saturated heterocycles. The Hall–Kier alpha value is -3.62. The second-order valence-corrected chi connectivity index (χ2v) is 14.1. The van der Waals surface area contributed by atoms with Crippen molar-refractivity contribution in [2.75, 3.05) is 85.2 Å². The summed E-state index contributed by atoms with van der Waals surface area (Å²) in [5.41, 5.74) is 3.23. The van der Waals surface area contributed by atoms with Crippen LogP contribution in [0.1, 0.15) is 36.0 Å². The Morgan fingerprint density at radius 2 is 1.30 bits per heavy atom. The van der Waals surface area contributed by atoms with E-state index in [9.17, 15) is 35.1 Å². The first-order valence-electron chi connectivity index (χ1n) is 20.0. The summed E-state index contributed by atoms with van der Waals surface area (Å²) < 4.78 is 57.6. The standard InChI is InChI=1S/C42H57NO17/c1-51-37-31(25-53-19-16-44)59-42(36(50)39(37)56-20-17-45)60-38-32(58-41(52-2)35(49)40(38)57-21-18-46)26-54-22-23-55-34(48)13-7-12-33(47)43-24-29-10-4-3-8-27(29)14-15-28-9-5-6-11-30(28)43/h3-6,8-11,31-32,35-42,44-46,49-50H,7,12-13,16-26H2,1-2H3/t31?,32?,35?,36?,37-,38-,39-,40-,41+,42-/m1/s1. The summed E-state index contributed by atoms with van der Waals surface area (Å²) in [6.45, 7) is -1.42. The number of fused-ring (bicyclic) bond motifs is 2. The van der Waals surface area contributed by atoms with Crippen LogP contribution in [0.5, 0.6) is 0 Å². The number of para-hydroxylation sites is 1. The van der Waals surface area contributed by atoms with Crippen molar-refractivity contribution in [1.29, 1.82) is 0 Å². The largest absolute Gasteiger partial charge is 0.463 e. The molecular weight excluding hydrogens is 790 g/mol. The van der Waals surface area contributed by atoms with Gasteiger partial charge in [-0.15, -0.1) is 0 Å². The summed E-state index contributed by atoms with van der Waals surface area (Å²) in [5.74, 6) is 5.71. The van der Waals surface area contributed by atoms with Gasteiger partial charge in [-0.25, -0.2) is 0 Å². The van der Waals surface area contributed by atoms with Crippen molar-refractivity contribution < 1.29 is 82.5 Å². The number of anilines is 1. The Labute approximate surface area is 349 Å². The third kappa shape index (κ3) is 12.7. The predicted molar refractivity (Wildman–Crippen MR) is 209 cm³/mol. The maximum Gasteiger partial charge on any atom is 0.305 e. The number of methoxy groups -OCH3 is 2. The monoisotopic (exact) mass is 847 g/mol. The van der Waals surface area contributed by atoms with E-state index in [0.29, 0.717) is 12.2 Å². The molecule has 5 N–H and O–H groups in total. The van der Waals surface area contributed by atoms with Crippen LogP contribution in [0.15, 0.2) is 48.5 Å². The molecule has 2 aromatic rings. The second-order valence-electron chi connectivity index (χ2n) is 14.1. The van der Waals surface area contributed by atoms with Gasteiger partial charge < -0.3 is 77.8 Å². The molecular formula is C42H57NO17. The van der Waals surface area contributed by atoms with Crippen molar-refractivity contribution in [2.45, 2.75) is 87.2 Å². The molecule has 3 aliphatic rings. The fourth-order valence-corrected chi connectivity index (χ4v) is 7.20. The minimum atomic E-state index is -1.49. The maximum absolute atomic E-state index is 13.5. The van der Waals surface area contributed by atoms with Gasteiger partial charge in [0, 0.05) is 38.2 Å².